The maximum Gasteiger partial charge on any atom is 0.153 e. The second kappa shape index (κ2) is 7.75. The molecule has 104 valence electrons. The Balaban J connectivity index is 2.17. The Morgan fingerprint density at radius 1 is 1.00 bits per heavy atom. The number of rotatable bonds is 5. The van der Waals surface area contributed by atoms with Crippen molar-refractivity contribution in [1.29, 1.82) is 0 Å². The lowest BCUT2D eigenvalue weighted by molar-refractivity contribution is 0.728. The Kier molecular flexibility index (Phi) is 5.69. The van der Waals surface area contributed by atoms with Gasteiger partial charge >= 0.3 is 0 Å². The number of hydrogen-bond acceptors (Lipinski definition) is 2. The van der Waals surface area contributed by atoms with E-state index in [1.54, 1.807) is 0 Å². The van der Waals surface area contributed by atoms with Crippen molar-refractivity contribution in [1.82, 2.24) is 0 Å². The maximum atomic E-state index is 5.75. The fourth-order valence-corrected chi connectivity index (χ4v) is 2.49. The Hall–Kier alpha value is -1.74. The predicted octanol–water partition coefficient (Wildman–Crippen LogP) is 3.89. The van der Waals surface area contributed by atoms with E-state index in [1.807, 2.05) is 6.26 Å². The first kappa shape index (κ1) is 14.7. The molecule has 2 N–H and O–H groups in total. The van der Waals surface area contributed by atoms with Crippen LogP contribution in [-0.2, 0) is 0 Å². The van der Waals surface area contributed by atoms with Gasteiger partial charge in [0, 0.05) is 12.5 Å². The molecule has 0 spiro atoms. The lowest BCUT2D eigenvalue weighted by atomic mass is 9.89. The number of nitrogens with two attached hydrogens (primary N) is 1. The molecule has 0 saturated heterocycles. The molecule has 0 atom stereocenters. The molecule has 0 fully saturated rings. The zero-order valence-corrected chi connectivity index (χ0v) is 12.5. The van der Waals surface area contributed by atoms with Crippen LogP contribution < -0.4 is 5.73 Å². The standard InChI is InChI=1S/C17H20N2S/c1-20-17(18)19-13-12-16(14-8-4-2-5-9-14)15-10-6-3-7-11-15/h2-11,16H,12-13H2,1H3,(H2,18,19). The molecule has 20 heavy (non-hydrogen) atoms. The minimum atomic E-state index is 0.371. The van der Waals surface area contributed by atoms with Gasteiger partial charge in [0.15, 0.2) is 5.17 Å². The van der Waals surface area contributed by atoms with Crippen LogP contribution in [-0.4, -0.2) is 18.0 Å². The molecule has 0 heterocycles. The Bertz CT molecular complexity index is 498. The lowest BCUT2D eigenvalue weighted by Gasteiger charge is -2.17. The molecule has 0 aliphatic carbocycles. The Morgan fingerprint density at radius 2 is 1.50 bits per heavy atom. The molecule has 2 nitrogen and oxygen atoms in total. The summed E-state index contributed by atoms with van der Waals surface area (Å²) in [6.07, 6.45) is 2.92. The van der Waals surface area contributed by atoms with Gasteiger partial charge < -0.3 is 5.73 Å². The summed E-state index contributed by atoms with van der Waals surface area (Å²) in [5, 5.41) is 0.657. The van der Waals surface area contributed by atoms with Gasteiger partial charge in [0.05, 0.1) is 0 Å². The number of thioether (sulfide) groups is 1. The van der Waals surface area contributed by atoms with E-state index >= 15 is 0 Å². The number of nitrogens with zero attached hydrogens (tertiary/aromatic N) is 1. The topological polar surface area (TPSA) is 38.4 Å². The van der Waals surface area contributed by atoms with Crippen molar-refractivity contribution < 1.29 is 0 Å². The van der Waals surface area contributed by atoms with Crippen LogP contribution in [0.1, 0.15) is 23.5 Å². The molecule has 0 aliphatic heterocycles. The molecule has 0 unspecified atom stereocenters. The second-order valence-electron chi connectivity index (χ2n) is 4.59. The van der Waals surface area contributed by atoms with E-state index in [9.17, 15) is 0 Å². The lowest BCUT2D eigenvalue weighted by Crippen LogP contribution is -2.08. The van der Waals surface area contributed by atoms with Gasteiger partial charge in [0.1, 0.15) is 0 Å². The second-order valence-corrected chi connectivity index (χ2v) is 5.41. The van der Waals surface area contributed by atoms with Gasteiger partial charge in [-0.2, -0.15) is 0 Å². The first-order valence-corrected chi connectivity index (χ1v) is 7.97. The van der Waals surface area contributed by atoms with Crippen molar-refractivity contribution >= 4 is 16.9 Å². The molecule has 2 aromatic carbocycles. The first-order valence-electron chi connectivity index (χ1n) is 6.75. The molecular formula is C17H20N2S. The van der Waals surface area contributed by atoms with Gasteiger partial charge in [-0.3, -0.25) is 4.99 Å². The summed E-state index contributed by atoms with van der Waals surface area (Å²) in [5.74, 6) is 0.371. The molecule has 0 bridgehead atoms. The van der Waals surface area contributed by atoms with Crippen molar-refractivity contribution in [2.24, 2.45) is 10.7 Å². The van der Waals surface area contributed by atoms with E-state index in [0.717, 1.165) is 13.0 Å². The molecule has 3 heteroatoms. The van der Waals surface area contributed by atoms with Crippen molar-refractivity contribution in [2.75, 3.05) is 12.8 Å². The average molecular weight is 284 g/mol. The highest BCUT2D eigenvalue weighted by molar-refractivity contribution is 8.13. The van der Waals surface area contributed by atoms with Crippen LogP contribution in [0, 0.1) is 0 Å². The van der Waals surface area contributed by atoms with E-state index < -0.39 is 0 Å². The molecule has 0 aliphatic rings. The number of aliphatic imine (C=N–C) groups is 1. The van der Waals surface area contributed by atoms with Crippen molar-refractivity contribution in [2.45, 2.75) is 12.3 Å². The van der Waals surface area contributed by atoms with Gasteiger partial charge in [0.2, 0.25) is 0 Å². The Labute approximate surface area is 125 Å². The maximum absolute atomic E-state index is 5.75. The number of benzene rings is 2. The monoisotopic (exact) mass is 284 g/mol. The largest absolute Gasteiger partial charge is 0.379 e. The summed E-state index contributed by atoms with van der Waals surface area (Å²) in [6.45, 7) is 0.751. The van der Waals surface area contributed by atoms with E-state index in [0.29, 0.717) is 11.1 Å². The van der Waals surface area contributed by atoms with E-state index in [1.165, 1.54) is 22.9 Å². The molecule has 0 aromatic heterocycles. The highest BCUT2D eigenvalue weighted by atomic mass is 32.2. The third-order valence-corrected chi connectivity index (χ3v) is 3.85. The number of hydrogen-bond donors (Lipinski definition) is 1. The zero-order chi connectivity index (χ0) is 14.2. The van der Waals surface area contributed by atoms with Crippen molar-refractivity contribution in [3.63, 3.8) is 0 Å². The molecule has 2 rings (SSSR count). The highest BCUT2D eigenvalue weighted by Crippen LogP contribution is 2.27. The van der Waals surface area contributed by atoms with Crippen molar-refractivity contribution in [3.05, 3.63) is 71.8 Å². The third-order valence-electron chi connectivity index (χ3n) is 3.30. The van der Waals surface area contributed by atoms with E-state index in [-0.39, 0.29) is 0 Å². The smallest absolute Gasteiger partial charge is 0.153 e. The molecule has 0 radical (unpaired) electrons. The minimum absolute atomic E-state index is 0.371. The fourth-order valence-electron chi connectivity index (χ4n) is 2.26. The summed E-state index contributed by atoms with van der Waals surface area (Å²) in [7, 11) is 0. The van der Waals surface area contributed by atoms with Gasteiger partial charge in [-0.1, -0.05) is 72.4 Å². The Morgan fingerprint density at radius 3 is 1.95 bits per heavy atom. The van der Waals surface area contributed by atoms with Gasteiger partial charge in [-0.25, -0.2) is 0 Å². The van der Waals surface area contributed by atoms with Crippen LogP contribution >= 0.6 is 11.8 Å². The average Bonchev–Trinajstić information content (AvgIpc) is 2.53. The van der Waals surface area contributed by atoms with Gasteiger partial charge in [-0.05, 0) is 23.8 Å². The van der Waals surface area contributed by atoms with Crippen LogP contribution in [0.4, 0.5) is 0 Å². The minimum Gasteiger partial charge on any atom is -0.379 e. The summed E-state index contributed by atoms with van der Waals surface area (Å²) in [4.78, 5) is 4.39. The van der Waals surface area contributed by atoms with Crippen LogP contribution in [0.2, 0.25) is 0 Å². The van der Waals surface area contributed by atoms with Gasteiger partial charge in [-0.15, -0.1) is 0 Å². The van der Waals surface area contributed by atoms with Crippen LogP contribution in [0.15, 0.2) is 65.7 Å². The summed E-state index contributed by atoms with van der Waals surface area (Å²) in [6, 6.07) is 21.2. The van der Waals surface area contributed by atoms with E-state index in [4.69, 9.17) is 5.73 Å². The first-order chi connectivity index (χ1) is 9.81. The normalized spacial score (nSPS) is 11.8. The summed E-state index contributed by atoms with van der Waals surface area (Å²) >= 11 is 1.50. The summed E-state index contributed by atoms with van der Waals surface area (Å²) in [5.41, 5.74) is 8.41. The van der Waals surface area contributed by atoms with Crippen LogP contribution in [0.3, 0.4) is 0 Å². The van der Waals surface area contributed by atoms with E-state index in [2.05, 4.69) is 65.7 Å². The van der Waals surface area contributed by atoms with Crippen molar-refractivity contribution in [3.8, 4) is 0 Å². The zero-order valence-electron chi connectivity index (χ0n) is 11.7. The fraction of sp³-hybridized carbons (Fsp3) is 0.235. The number of amidine groups is 1. The quantitative estimate of drug-likeness (QED) is 0.668. The van der Waals surface area contributed by atoms with Gasteiger partial charge in [0.25, 0.3) is 0 Å². The van der Waals surface area contributed by atoms with Crippen LogP contribution in [0.5, 0.6) is 0 Å². The highest BCUT2D eigenvalue weighted by Gasteiger charge is 2.13. The molecular weight excluding hydrogens is 264 g/mol. The molecule has 0 amide bonds. The van der Waals surface area contributed by atoms with Crippen LogP contribution in [0.25, 0.3) is 0 Å². The predicted molar refractivity (Wildman–Crippen MR) is 89.3 cm³/mol. The summed E-state index contributed by atoms with van der Waals surface area (Å²) < 4.78 is 0. The third kappa shape index (κ3) is 4.14. The SMILES string of the molecule is CSC(N)=NCCC(c1ccccc1)c1ccccc1. The molecule has 2 aromatic rings. The molecule has 0 saturated carbocycles.